The van der Waals surface area contributed by atoms with Crippen molar-refractivity contribution < 1.29 is 37.0 Å². The first-order valence-electron chi connectivity index (χ1n) is 12.0. The number of cyclic esters (lactones) is 1. The number of hydrogen-bond acceptors (Lipinski definition) is 5. The van der Waals surface area contributed by atoms with E-state index in [9.17, 15) is 22.8 Å². The standard InChI is InChI=1S/C28H29BrF3NO5/c1-25(2,3)38-24(35)33-19-10-8-7-9-17(19)22-20(33)14-27(28(30,31)32,37-23(22)34)15-26(4,5)18-13-16(29)11-12-21(18)36-6/h7-13H,14-15H2,1-6H3/t27-/m0/s1. The smallest absolute Gasteiger partial charge is 0.428 e. The Kier molecular flexibility index (Phi) is 6.87. The van der Waals surface area contributed by atoms with Gasteiger partial charge in [0.05, 0.1) is 18.2 Å². The van der Waals surface area contributed by atoms with Gasteiger partial charge in [-0.05, 0) is 50.5 Å². The number of carbonyl (C=O) groups is 2. The minimum Gasteiger partial charge on any atom is -0.496 e. The van der Waals surface area contributed by atoms with Gasteiger partial charge >= 0.3 is 18.2 Å². The summed E-state index contributed by atoms with van der Waals surface area (Å²) in [6.45, 7) is 8.25. The van der Waals surface area contributed by atoms with Gasteiger partial charge < -0.3 is 14.2 Å². The van der Waals surface area contributed by atoms with Gasteiger partial charge in [-0.25, -0.2) is 14.2 Å². The van der Waals surface area contributed by atoms with Gasteiger partial charge in [-0.1, -0.05) is 48.0 Å². The number of benzene rings is 2. The molecule has 0 amide bonds. The van der Waals surface area contributed by atoms with Crippen LogP contribution in [0.15, 0.2) is 46.9 Å². The Labute approximate surface area is 227 Å². The largest absolute Gasteiger partial charge is 0.496 e. The highest BCUT2D eigenvalue weighted by Gasteiger charge is 2.63. The summed E-state index contributed by atoms with van der Waals surface area (Å²) in [5, 5.41) is 0.321. The maximum absolute atomic E-state index is 15.0. The lowest BCUT2D eigenvalue weighted by molar-refractivity contribution is -0.267. The van der Waals surface area contributed by atoms with E-state index < -0.39 is 47.7 Å². The van der Waals surface area contributed by atoms with E-state index >= 15 is 0 Å². The summed E-state index contributed by atoms with van der Waals surface area (Å²) in [5.74, 6) is -0.736. The van der Waals surface area contributed by atoms with E-state index in [0.717, 1.165) is 4.57 Å². The number of nitrogens with zero attached hydrogens (tertiary/aromatic N) is 1. The third kappa shape index (κ3) is 4.90. The quantitative estimate of drug-likeness (QED) is 0.291. The van der Waals surface area contributed by atoms with Crippen LogP contribution in [0.1, 0.15) is 62.7 Å². The average Bonchev–Trinajstić information content (AvgIpc) is 3.11. The van der Waals surface area contributed by atoms with Gasteiger partial charge in [0, 0.05) is 34.0 Å². The Bertz CT molecular complexity index is 1420. The molecule has 0 unspecified atom stereocenters. The van der Waals surface area contributed by atoms with E-state index in [4.69, 9.17) is 14.2 Å². The molecule has 4 rings (SSSR count). The Morgan fingerprint density at radius 1 is 1.11 bits per heavy atom. The molecule has 0 saturated carbocycles. The van der Waals surface area contributed by atoms with E-state index in [1.807, 2.05) is 0 Å². The SMILES string of the molecule is COc1ccc(Br)cc1C(C)(C)C[C@]1(C(F)(F)F)Cc2c(c3ccccc3n2C(=O)OC(C)(C)C)C(=O)O1. The van der Waals surface area contributed by atoms with Crippen molar-refractivity contribution >= 4 is 38.9 Å². The van der Waals surface area contributed by atoms with Gasteiger partial charge in [0.1, 0.15) is 11.4 Å². The minimum atomic E-state index is -4.95. The van der Waals surface area contributed by atoms with Crippen molar-refractivity contribution in [3.05, 3.63) is 63.8 Å². The number of fused-ring (bicyclic) bond motifs is 3. The van der Waals surface area contributed by atoms with Crippen LogP contribution in [-0.4, -0.2) is 41.1 Å². The van der Waals surface area contributed by atoms with E-state index in [0.29, 0.717) is 21.2 Å². The maximum atomic E-state index is 15.0. The van der Waals surface area contributed by atoms with Crippen LogP contribution in [0.4, 0.5) is 18.0 Å². The first kappa shape index (κ1) is 28.0. The number of hydrogen-bond donors (Lipinski definition) is 0. The van der Waals surface area contributed by atoms with E-state index in [-0.39, 0.29) is 16.8 Å². The molecule has 2 heterocycles. The van der Waals surface area contributed by atoms with Crippen molar-refractivity contribution in [1.29, 1.82) is 0 Å². The number of halogens is 4. The molecule has 2 aromatic carbocycles. The fraction of sp³-hybridized carbons (Fsp3) is 0.429. The zero-order valence-corrected chi connectivity index (χ0v) is 23.5. The van der Waals surface area contributed by atoms with Gasteiger partial charge in [0.15, 0.2) is 0 Å². The lowest BCUT2D eigenvalue weighted by Crippen LogP contribution is -2.56. The van der Waals surface area contributed by atoms with Crippen LogP contribution in [-0.2, 0) is 21.3 Å². The number of methoxy groups -OCH3 is 1. The molecule has 6 nitrogen and oxygen atoms in total. The molecule has 1 aliphatic rings. The first-order chi connectivity index (χ1) is 17.5. The molecule has 0 aliphatic carbocycles. The monoisotopic (exact) mass is 595 g/mol. The van der Waals surface area contributed by atoms with Crippen molar-refractivity contribution in [2.75, 3.05) is 7.11 Å². The minimum absolute atomic E-state index is 0.0656. The zero-order valence-electron chi connectivity index (χ0n) is 22.0. The highest BCUT2D eigenvalue weighted by molar-refractivity contribution is 9.10. The summed E-state index contributed by atoms with van der Waals surface area (Å²) in [6.07, 6.45) is -7.19. The van der Waals surface area contributed by atoms with Crippen LogP contribution in [0.2, 0.25) is 0 Å². The molecule has 1 atom stereocenters. The van der Waals surface area contributed by atoms with Crippen LogP contribution in [0.25, 0.3) is 10.9 Å². The Morgan fingerprint density at radius 2 is 1.76 bits per heavy atom. The highest BCUT2D eigenvalue weighted by Crippen LogP contribution is 2.50. The van der Waals surface area contributed by atoms with Gasteiger partial charge in [0.2, 0.25) is 5.60 Å². The van der Waals surface area contributed by atoms with Crippen LogP contribution < -0.4 is 4.74 Å². The number of ether oxygens (including phenoxy) is 3. The third-order valence-corrected chi connectivity index (χ3v) is 7.12. The number of alkyl halides is 3. The van der Waals surface area contributed by atoms with Crippen LogP contribution in [0.3, 0.4) is 0 Å². The van der Waals surface area contributed by atoms with E-state index in [2.05, 4.69) is 15.9 Å². The average molecular weight is 596 g/mol. The fourth-order valence-corrected chi connectivity index (χ4v) is 5.48. The molecule has 10 heteroatoms. The molecule has 0 saturated heterocycles. The lowest BCUT2D eigenvalue weighted by atomic mass is 9.72. The fourth-order valence-electron chi connectivity index (χ4n) is 5.11. The molecule has 204 valence electrons. The molecule has 0 fully saturated rings. The maximum Gasteiger partial charge on any atom is 0.428 e. The predicted octanol–water partition coefficient (Wildman–Crippen LogP) is 7.58. The number of para-hydroxylation sites is 1. The van der Waals surface area contributed by atoms with Crippen LogP contribution >= 0.6 is 15.9 Å². The second kappa shape index (κ2) is 9.32. The van der Waals surface area contributed by atoms with Gasteiger partial charge in [-0.2, -0.15) is 13.2 Å². The number of carbonyl (C=O) groups excluding carboxylic acids is 2. The first-order valence-corrected chi connectivity index (χ1v) is 12.8. The molecule has 3 aromatic rings. The normalized spacial score (nSPS) is 18.2. The number of rotatable bonds is 4. The zero-order chi connectivity index (χ0) is 28.3. The van der Waals surface area contributed by atoms with E-state index in [1.165, 1.54) is 7.11 Å². The Hall–Kier alpha value is -3.01. The predicted molar refractivity (Wildman–Crippen MR) is 140 cm³/mol. The van der Waals surface area contributed by atoms with Crippen molar-refractivity contribution in [1.82, 2.24) is 4.57 Å². The summed E-state index contributed by atoms with van der Waals surface area (Å²) in [5.41, 5.74) is -4.37. The molecular weight excluding hydrogens is 567 g/mol. The molecule has 0 radical (unpaired) electrons. The van der Waals surface area contributed by atoms with Gasteiger partial charge in [-0.3, -0.25) is 0 Å². The summed E-state index contributed by atoms with van der Waals surface area (Å²) >= 11 is 3.38. The van der Waals surface area contributed by atoms with Crippen molar-refractivity contribution in [2.45, 2.75) is 70.3 Å². The molecule has 1 aromatic heterocycles. The number of esters is 1. The van der Waals surface area contributed by atoms with Gasteiger partial charge in [0.25, 0.3) is 0 Å². The molecule has 0 spiro atoms. The summed E-state index contributed by atoms with van der Waals surface area (Å²) < 4.78 is 63.0. The van der Waals surface area contributed by atoms with Crippen molar-refractivity contribution in [3.63, 3.8) is 0 Å². The topological polar surface area (TPSA) is 66.8 Å². The molecule has 38 heavy (non-hydrogen) atoms. The van der Waals surface area contributed by atoms with Crippen molar-refractivity contribution in [3.8, 4) is 5.75 Å². The molecule has 0 bridgehead atoms. The molecular formula is C28H29BrF3NO5. The number of aromatic nitrogens is 1. The van der Waals surface area contributed by atoms with Crippen molar-refractivity contribution in [2.24, 2.45) is 0 Å². The Morgan fingerprint density at radius 3 is 2.37 bits per heavy atom. The summed E-state index contributed by atoms with van der Waals surface area (Å²) in [6, 6.07) is 11.5. The third-order valence-electron chi connectivity index (χ3n) is 6.63. The molecule has 1 aliphatic heterocycles. The highest BCUT2D eigenvalue weighted by atomic mass is 79.9. The summed E-state index contributed by atoms with van der Waals surface area (Å²) in [7, 11) is 1.44. The van der Waals surface area contributed by atoms with E-state index in [1.54, 1.807) is 77.1 Å². The second-order valence-corrected chi connectivity index (χ2v) is 12.0. The van der Waals surface area contributed by atoms with Crippen LogP contribution in [0.5, 0.6) is 5.75 Å². The Balaban J connectivity index is 1.91. The second-order valence-electron chi connectivity index (χ2n) is 11.1. The van der Waals surface area contributed by atoms with Crippen LogP contribution in [0, 0.1) is 0 Å². The molecule has 0 N–H and O–H groups in total. The van der Waals surface area contributed by atoms with Gasteiger partial charge in [-0.15, -0.1) is 0 Å². The summed E-state index contributed by atoms with van der Waals surface area (Å²) in [4.78, 5) is 26.7. The lowest BCUT2D eigenvalue weighted by Gasteiger charge is -2.43.